The first-order valence-corrected chi connectivity index (χ1v) is 7.29. The molecule has 0 heterocycles. The first-order valence-electron chi connectivity index (χ1n) is 6.91. The Kier molecular flexibility index (Phi) is 5.03. The second-order valence-electron chi connectivity index (χ2n) is 5.31. The lowest BCUT2D eigenvalue weighted by Gasteiger charge is -2.16. The lowest BCUT2D eigenvalue weighted by molar-refractivity contribution is 0.0940. The van der Waals surface area contributed by atoms with E-state index in [0.717, 1.165) is 11.3 Å². The van der Waals surface area contributed by atoms with Gasteiger partial charge in [0, 0.05) is 25.3 Å². The second-order valence-corrected chi connectivity index (χ2v) is 5.72. The van der Waals surface area contributed by atoms with Gasteiger partial charge in [0.2, 0.25) is 0 Å². The molecule has 0 aliphatic rings. The maximum atomic E-state index is 13.2. The molecule has 2 aromatic rings. The summed E-state index contributed by atoms with van der Waals surface area (Å²) in [7, 11) is 3.88. The van der Waals surface area contributed by atoms with Crippen molar-refractivity contribution in [3.05, 3.63) is 64.4 Å². The molecule has 116 valence electrons. The number of halogens is 2. The zero-order valence-electron chi connectivity index (χ0n) is 12.7. The van der Waals surface area contributed by atoms with Gasteiger partial charge in [0.25, 0.3) is 5.91 Å². The van der Waals surface area contributed by atoms with Crippen LogP contribution < -0.4 is 10.2 Å². The van der Waals surface area contributed by atoms with Gasteiger partial charge in [0.05, 0.1) is 11.1 Å². The molecule has 0 aliphatic heterocycles. The molecule has 5 heteroatoms. The minimum absolute atomic E-state index is 0.0499. The van der Waals surface area contributed by atoms with Crippen LogP contribution in [0.1, 0.15) is 28.9 Å². The first-order chi connectivity index (χ1) is 10.4. The number of nitrogens with zero attached hydrogens (tertiary/aromatic N) is 1. The van der Waals surface area contributed by atoms with E-state index in [9.17, 15) is 9.18 Å². The van der Waals surface area contributed by atoms with Crippen LogP contribution in [0.2, 0.25) is 5.02 Å². The standard InChI is InChI=1S/C17H18ClFN2O/c1-11(13-6-9-16(19)15(18)10-13)20-17(22)12-4-7-14(8-5-12)21(2)3/h4-11H,1-3H3,(H,20,22)/t11-/m0/s1. The highest BCUT2D eigenvalue weighted by atomic mass is 35.5. The quantitative estimate of drug-likeness (QED) is 0.922. The summed E-state index contributed by atoms with van der Waals surface area (Å²) in [6, 6.07) is 11.5. The van der Waals surface area contributed by atoms with Crippen molar-refractivity contribution in [3.63, 3.8) is 0 Å². The number of carbonyl (C=O) groups is 1. The molecule has 0 fully saturated rings. The van der Waals surface area contributed by atoms with E-state index in [2.05, 4.69) is 5.32 Å². The van der Waals surface area contributed by atoms with E-state index in [1.54, 1.807) is 18.2 Å². The lowest BCUT2D eigenvalue weighted by Crippen LogP contribution is -2.26. The van der Waals surface area contributed by atoms with Gasteiger partial charge >= 0.3 is 0 Å². The molecule has 3 nitrogen and oxygen atoms in total. The molecule has 1 amide bonds. The summed E-state index contributed by atoms with van der Waals surface area (Å²) in [5.41, 5.74) is 2.35. The van der Waals surface area contributed by atoms with E-state index in [-0.39, 0.29) is 17.0 Å². The third kappa shape index (κ3) is 3.77. The van der Waals surface area contributed by atoms with E-state index < -0.39 is 5.82 Å². The van der Waals surface area contributed by atoms with Gasteiger partial charge < -0.3 is 10.2 Å². The van der Waals surface area contributed by atoms with Crippen molar-refractivity contribution in [2.75, 3.05) is 19.0 Å². The fraction of sp³-hybridized carbons (Fsp3) is 0.235. The maximum absolute atomic E-state index is 13.2. The summed E-state index contributed by atoms with van der Waals surface area (Å²) in [6.07, 6.45) is 0. The van der Waals surface area contributed by atoms with Crippen LogP contribution in [0, 0.1) is 5.82 Å². The molecule has 0 aromatic heterocycles. The third-order valence-corrected chi connectivity index (χ3v) is 3.73. The van der Waals surface area contributed by atoms with Crippen LogP contribution in [0.25, 0.3) is 0 Å². The van der Waals surface area contributed by atoms with Gasteiger partial charge in [-0.15, -0.1) is 0 Å². The fourth-order valence-electron chi connectivity index (χ4n) is 2.06. The molecule has 0 bridgehead atoms. The van der Waals surface area contributed by atoms with E-state index in [4.69, 9.17) is 11.6 Å². The molecule has 2 rings (SSSR count). The molecule has 0 saturated heterocycles. The van der Waals surface area contributed by atoms with Crippen LogP contribution in [0.5, 0.6) is 0 Å². The molecule has 2 aromatic carbocycles. The molecular formula is C17H18ClFN2O. The highest BCUT2D eigenvalue weighted by molar-refractivity contribution is 6.30. The van der Waals surface area contributed by atoms with Gasteiger partial charge in [-0.05, 0) is 48.9 Å². The van der Waals surface area contributed by atoms with Crippen LogP contribution in [0.4, 0.5) is 10.1 Å². The number of benzene rings is 2. The van der Waals surface area contributed by atoms with Gasteiger partial charge in [-0.1, -0.05) is 17.7 Å². The molecule has 0 aliphatic carbocycles. The Morgan fingerprint density at radius 3 is 2.36 bits per heavy atom. The van der Waals surface area contributed by atoms with Crippen LogP contribution >= 0.6 is 11.6 Å². The van der Waals surface area contributed by atoms with Gasteiger partial charge in [-0.2, -0.15) is 0 Å². The van der Waals surface area contributed by atoms with Crippen LogP contribution in [-0.2, 0) is 0 Å². The van der Waals surface area contributed by atoms with Crippen LogP contribution in [0.3, 0.4) is 0 Å². The van der Waals surface area contributed by atoms with Crippen molar-refractivity contribution in [1.29, 1.82) is 0 Å². The number of hydrogen-bond acceptors (Lipinski definition) is 2. The Bertz CT molecular complexity index is 671. The number of nitrogens with one attached hydrogen (secondary N) is 1. The van der Waals surface area contributed by atoms with Gasteiger partial charge in [-0.3, -0.25) is 4.79 Å². The maximum Gasteiger partial charge on any atom is 0.251 e. The van der Waals surface area contributed by atoms with Crippen molar-refractivity contribution in [2.24, 2.45) is 0 Å². The number of rotatable bonds is 4. The van der Waals surface area contributed by atoms with Crippen LogP contribution in [0.15, 0.2) is 42.5 Å². The SMILES string of the molecule is C[C@H](NC(=O)c1ccc(N(C)C)cc1)c1ccc(F)c(Cl)c1. The first kappa shape index (κ1) is 16.3. The summed E-state index contributed by atoms with van der Waals surface area (Å²) in [5.74, 6) is -0.651. The molecule has 1 N–H and O–H groups in total. The molecule has 0 radical (unpaired) electrons. The number of amides is 1. The van der Waals surface area contributed by atoms with Crippen LogP contribution in [-0.4, -0.2) is 20.0 Å². The monoisotopic (exact) mass is 320 g/mol. The Hall–Kier alpha value is -2.07. The normalized spacial score (nSPS) is 11.9. The van der Waals surface area contributed by atoms with E-state index in [0.29, 0.717) is 5.56 Å². The summed E-state index contributed by atoms with van der Waals surface area (Å²) >= 11 is 5.77. The minimum atomic E-state index is -0.469. The lowest BCUT2D eigenvalue weighted by atomic mass is 10.1. The fourth-order valence-corrected chi connectivity index (χ4v) is 2.24. The van der Waals surface area contributed by atoms with E-state index in [1.165, 1.54) is 12.1 Å². The van der Waals surface area contributed by atoms with Crippen molar-refractivity contribution >= 4 is 23.2 Å². The summed E-state index contributed by atoms with van der Waals surface area (Å²) in [5, 5.41) is 2.92. The Morgan fingerprint density at radius 1 is 1.18 bits per heavy atom. The van der Waals surface area contributed by atoms with Crippen molar-refractivity contribution in [3.8, 4) is 0 Å². The van der Waals surface area contributed by atoms with Gasteiger partial charge in [0.1, 0.15) is 5.82 Å². The average molecular weight is 321 g/mol. The molecule has 0 unspecified atom stereocenters. The topological polar surface area (TPSA) is 32.3 Å². The summed E-state index contributed by atoms with van der Waals surface area (Å²) in [6.45, 7) is 1.83. The predicted molar refractivity (Wildman–Crippen MR) is 88.1 cm³/mol. The zero-order valence-corrected chi connectivity index (χ0v) is 13.5. The molecule has 0 saturated carbocycles. The Morgan fingerprint density at radius 2 is 1.82 bits per heavy atom. The molecule has 0 spiro atoms. The van der Waals surface area contributed by atoms with E-state index in [1.807, 2.05) is 38.1 Å². The highest BCUT2D eigenvalue weighted by Gasteiger charge is 2.13. The molecule has 1 atom stereocenters. The van der Waals surface area contributed by atoms with Crippen molar-refractivity contribution in [2.45, 2.75) is 13.0 Å². The second kappa shape index (κ2) is 6.79. The third-order valence-electron chi connectivity index (χ3n) is 3.44. The molecule has 22 heavy (non-hydrogen) atoms. The van der Waals surface area contributed by atoms with Crippen molar-refractivity contribution in [1.82, 2.24) is 5.32 Å². The zero-order chi connectivity index (χ0) is 16.3. The Balaban J connectivity index is 2.08. The number of anilines is 1. The number of hydrogen-bond donors (Lipinski definition) is 1. The largest absolute Gasteiger partial charge is 0.378 e. The minimum Gasteiger partial charge on any atom is -0.378 e. The van der Waals surface area contributed by atoms with E-state index >= 15 is 0 Å². The Labute approximate surface area is 134 Å². The molecular weight excluding hydrogens is 303 g/mol. The number of carbonyl (C=O) groups excluding carboxylic acids is 1. The van der Waals surface area contributed by atoms with Crippen molar-refractivity contribution < 1.29 is 9.18 Å². The summed E-state index contributed by atoms with van der Waals surface area (Å²) in [4.78, 5) is 14.2. The van der Waals surface area contributed by atoms with Gasteiger partial charge in [0.15, 0.2) is 0 Å². The highest BCUT2D eigenvalue weighted by Crippen LogP contribution is 2.21. The average Bonchev–Trinajstić information content (AvgIpc) is 2.50. The predicted octanol–water partition coefficient (Wildman–Crippen LogP) is 4.04. The smallest absolute Gasteiger partial charge is 0.251 e. The van der Waals surface area contributed by atoms with Gasteiger partial charge in [-0.25, -0.2) is 4.39 Å². The summed E-state index contributed by atoms with van der Waals surface area (Å²) < 4.78 is 13.2.